The summed E-state index contributed by atoms with van der Waals surface area (Å²) in [5, 5.41) is 5.03. The Kier molecular flexibility index (Phi) is 8.23. The van der Waals surface area contributed by atoms with E-state index in [1.165, 1.54) is 99.5 Å². The number of para-hydroxylation sites is 4. The lowest BCUT2D eigenvalue weighted by Gasteiger charge is -2.39. The van der Waals surface area contributed by atoms with Gasteiger partial charge in [-0.2, -0.15) is 0 Å². The summed E-state index contributed by atoms with van der Waals surface area (Å²) < 4.78 is 2.52. The molecule has 12 aromatic rings. The van der Waals surface area contributed by atoms with E-state index in [4.69, 9.17) is 0 Å². The number of fused-ring (bicyclic) bond motifs is 13. The molecule has 2 heteroatoms. The summed E-state index contributed by atoms with van der Waals surface area (Å²) in [6.07, 6.45) is 0. The fourth-order valence-electron chi connectivity index (χ4n) is 11.9. The van der Waals surface area contributed by atoms with Gasteiger partial charge in [-0.05, 0) is 103 Å². The molecule has 0 bridgehead atoms. The molecule has 0 radical (unpaired) electrons. The molecule has 2 nitrogen and oxygen atoms in total. The molecule has 2 aliphatic rings. The van der Waals surface area contributed by atoms with Gasteiger partial charge in [0.25, 0.3) is 0 Å². The van der Waals surface area contributed by atoms with E-state index in [0.717, 1.165) is 22.6 Å². The van der Waals surface area contributed by atoms with Gasteiger partial charge in [-0.1, -0.05) is 218 Å². The van der Waals surface area contributed by atoms with E-state index in [9.17, 15) is 0 Å². The van der Waals surface area contributed by atoms with E-state index in [1.807, 2.05) is 0 Å². The van der Waals surface area contributed by atoms with Crippen molar-refractivity contribution in [1.29, 1.82) is 0 Å². The lowest BCUT2D eigenvalue weighted by atomic mass is 9.65. The molecule has 0 saturated heterocycles. The molecule has 0 fully saturated rings. The zero-order valence-electron chi connectivity index (χ0n) is 36.6. The summed E-state index contributed by atoms with van der Waals surface area (Å²) in [6, 6.07) is 94.5. The molecule has 11 aromatic carbocycles. The molecule has 0 amide bonds. The molecule has 1 spiro atoms. The summed E-state index contributed by atoms with van der Waals surface area (Å²) in [4.78, 5) is 2.53. The number of benzene rings is 11. The molecule has 0 saturated carbocycles. The highest BCUT2D eigenvalue weighted by Crippen LogP contribution is 2.63. The second-order valence-electron chi connectivity index (χ2n) is 17.9. The van der Waals surface area contributed by atoms with Crippen LogP contribution < -0.4 is 4.90 Å². The third-order valence-electron chi connectivity index (χ3n) is 14.6. The molecular formula is C65H42N2. The van der Waals surface area contributed by atoms with E-state index in [1.54, 1.807) is 0 Å². The molecule has 14 rings (SSSR count). The summed E-state index contributed by atoms with van der Waals surface area (Å²) in [6.45, 7) is 0. The van der Waals surface area contributed by atoms with E-state index in [-0.39, 0.29) is 0 Å². The van der Waals surface area contributed by atoms with E-state index >= 15 is 0 Å². The van der Waals surface area contributed by atoms with E-state index in [2.05, 4.69) is 264 Å². The van der Waals surface area contributed by atoms with Gasteiger partial charge in [-0.15, -0.1) is 0 Å². The van der Waals surface area contributed by atoms with Crippen molar-refractivity contribution in [2.24, 2.45) is 0 Å². The van der Waals surface area contributed by atoms with E-state index in [0.29, 0.717) is 0 Å². The Labute approximate surface area is 389 Å². The predicted molar refractivity (Wildman–Crippen MR) is 280 cm³/mol. The minimum Gasteiger partial charge on any atom is -0.309 e. The lowest BCUT2D eigenvalue weighted by Crippen LogP contribution is -2.33. The largest absolute Gasteiger partial charge is 0.309 e. The molecule has 1 atom stereocenters. The van der Waals surface area contributed by atoms with Gasteiger partial charge in [0.1, 0.15) is 0 Å². The molecular weight excluding hydrogens is 809 g/mol. The normalized spacial score (nSPS) is 14.3. The van der Waals surface area contributed by atoms with Gasteiger partial charge in [0.2, 0.25) is 0 Å². The highest BCUT2D eigenvalue weighted by molar-refractivity contribution is 6.13. The number of nitrogens with zero attached hydrogens (tertiary/aromatic N) is 2. The molecule has 1 aliphatic carbocycles. The molecule has 0 N–H and O–H groups in total. The van der Waals surface area contributed by atoms with Crippen LogP contribution in [0.25, 0.3) is 82.8 Å². The minimum absolute atomic E-state index is 0.578. The van der Waals surface area contributed by atoms with Crippen LogP contribution in [0.3, 0.4) is 0 Å². The fraction of sp³-hybridized carbons (Fsp3) is 0.0154. The zero-order valence-corrected chi connectivity index (χ0v) is 36.6. The standard InChI is InChI=1S/C65H42N2/c1-2-19-43(20-3-1)44-39-41-46(42-40-44)66(59-35-13-9-26-51(59)50-25-7-6-24-49(50)48-29-16-22-45-21-4-5-23-47(45)48)62-38-18-33-57-63(62)54-28-8-11-31-55(54)65(57)56-32-12-15-37-61(56)67-60-36-14-10-27-52(60)53-30-17-34-58(65)64(53)67/h1-42H. The highest BCUT2D eigenvalue weighted by atomic mass is 15.1. The first-order valence-corrected chi connectivity index (χ1v) is 23.3. The SMILES string of the molecule is c1ccc(-c2ccc(N(c3ccccc3-c3ccccc3-c3cccc4ccccc34)c3cccc4c3-c3ccccc3C43c4ccccc4-n4c5ccccc5c5cccc3c54)cc2)cc1. The average molecular weight is 851 g/mol. The monoisotopic (exact) mass is 850 g/mol. The predicted octanol–water partition coefficient (Wildman–Crippen LogP) is 17.1. The second kappa shape index (κ2) is 14.7. The summed E-state index contributed by atoms with van der Waals surface area (Å²) in [7, 11) is 0. The van der Waals surface area contributed by atoms with Gasteiger partial charge in [0, 0.05) is 27.6 Å². The number of hydrogen-bond acceptors (Lipinski definition) is 1. The second-order valence-corrected chi connectivity index (χ2v) is 17.9. The third-order valence-corrected chi connectivity index (χ3v) is 14.6. The zero-order chi connectivity index (χ0) is 44.1. The van der Waals surface area contributed by atoms with Crippen molar-refractivity contribution in [3.8, 4) is 50.2 Å². The van der Waals surface area contributed by atoms with Crippen LogP contribution >= 0.6 is 0 Å². The van der Waals surface area contributed by atoms with Gasteiger partial charge in [0.05, 0.1) is 33.5 Å². The Balaban J connectivity index is 1.06. The van der Waals surface area contributed by atoms with Crippen LogP contribution in [0.4, 0.5) is 17.1 Å². The van der Waals surface area contributed by atoms with Crippen molar-refractivity contribution in [3.63, 3.8) is 0 Å². The highest BCUT2D eigenvalue weighted by Gasteiger charge is 2.51. The average Bonchev–Trinajstić information content (AvgIpc) is 3.90. The Hall–Kier alpha value is -8.72. The van der Waals surface area contributed by atoms with E-state index < -0.39 is 5.41 Å². The van der Waals surface area contributed by atoms with Crippen molar-refractivity contribution < 1.29 is 0 Å². The molecule has 1 aliphatic heterocycles. The summed E-state index contributed by atoms with van der Waals surface area (Å²) >= 11 is 0. The van der Waals surface area contributed by atoms with Crippen molar-refractivity contribution >= 4 is 49.6 Å². The number of rotatable bonds is 6. The maximum absolute atomic E-state index is 2.53. The lowest BCUT2D eigenvalue weighted by molar-refractivity contribution is 0.748. The maximum atomic E-state index is 2.53. The minimum atomic E-state index is -0.578. The van der Waals surface area contributed by atoms with Crippen LogP contribution in [0.2, 0.25) is 0 Å². The third kappa shape index (κ3) is 5.33. The van der Waals surface area contributed by atoms with Crippen LogP contribution in [0.5, 0.6) is 0 Å². The number of anilines is 3. The van der Waals surface area contributed by atoms with Crippen molar-refractivity contribution in [2.45, 2.75) is 5.41 Å². The molecule has 1 unspecified atom stereocenters. The Morgan fingerprint density at radius 1 is 0.313 bits per heavy atom. The number of hydrogen-bond donors (Lipinski definition) is 0. The first-order chi connectivity index (χ1) is 33.3. The first kappa shape index (κ1) is 37.6. The van der Waals surface area contributed by atoms with Crippen LogP contribution in [0, 0.1) is 0 Å². The molecule has 312 valence electrons. The smallest absolute Gasteiger partial charge is 0.0755 e. The van der Waals surface area contributed by atoms with Crippen LogP contribution in [-0.2, 0) is 5.41 Å². The van der Waals surface area contributed by atoms with Gasteiger partial charge >= 0.3 is 0 Å². The van der Waals surface area contributed by atoms with Crippen molar-refractivity contribution in [1.82, 2.24) is 4.57 Å². The Morgan fingerprint density at radius 3 is 1.70 bits per heavy atom. The molecule has 1 aromatic heterocycles. The topological polar surface area (TPSA) is 8.17 Å². The van der Waals surface area contributed by atoms with Crippen LogP contribution in [0.15, 0.2) is 255 Å². The van der Waals surface area contributed by atoms with Crippen LogP contribution in [0.1, 0.15) is 22.3 Å². The van der Waals surface area contributed by atoms with Crippen LogP contribution in [-0.4, -0.2) is 4.57 Å². The Bertz CT molecular complexity index is 3930. The molecule has 2 heterocycles. The van der Waals surface area contributed by atoms with Gasteiger partial charge in [-0.25, -0.2) is 0 Å². The Morgan fingerprint density at radius 2 is 0.851 bits per heavy atom. The van der Waals surface area contributed by atoms with Crippen molar-refractivity contribution in [3.05, 3.63) is 277 Å². The fourth-order valence-corrected chi connectivity index (χ4v) is 11.9. The summed E-state index contributed by atoms with van der Waals surface area (Å²) in [5.41, 5.74) is 21.4. The van der Waals surface area contributed by atoms with Crippen molar-refractivity contribution in [2.75, 3.05) is 4.90 Å². The molecule has 67 heavy (non-hydrogen) atoms. The maximum Gasteiger partial charge on any atom is 0.0755 e. The first-order valence-electron chi connectivity index (χ1n) is 23.3. The quantitative estimate of drug-likeness (QED) is 0.162. The summed E-state index contributed by atoms with van der Waals surface area (Å²) in [5.74, 6) is 0. The van der Waals surface area contributed by atoms with Gasteiger partial charge < -0.3 is 9.47 Å². The van der Waals surface area contributed by atoms with Gasteiger partial charge in [0.15, 0.2) is 0 Å². The van der Waals surface area contributed by atoms with Gasteiger partial charge in [-0.3, -0.25) is 0 Å². The number of aromatic nitrogens is 1.